The molecule has 3 atom stereocenters. The van der Waals surface area contributed by atoms with Crippen molar-refractivity contribution in [2.24, 2.45) is 0 Å². The highest BCUT2D eigenvalue weighted by Gasteiger charge is 2.32. The Labute approximate surface area is 220 Å². The van der Waals surface area contributed by atoms with E-state index in [4.69, 9.17) is 19.4 Å². The lowest BCUT2D eigenvalue weighted by Gasteiger charge is -2.25. The molecule has 0 bridgehead atoms. The van der Waals surface area contributed by atoms with E-state index in [0.29, 0.717) is 0 Å². The standard InChI is InChI=1S/C29H30N2O7/c1-18(36-16-20-10-4-3-5-11-20)26(27(32)31-38-19(2)28(33)34)30-29(35)37-17-25-23-14-8-6-12-21(23)22-13-7-9-15-24(22)25/h3-15,18-19,25-26H,16-17H2,1-2H3,(H,30,35)(H,31,32)(H,33,34)/t18-,19?,26+/m0/s1. The molecule has 2 amide bonds. The zero-order chi connectivity index (χ0) is 27.1. The summed E-state index contributed by atoms with van der Waals surface area (Å²) in [5, 5.41) is 11.6. The van der Waals surface area contributed by atoms with Gasteiger partial charge in [0, 0.05) is 5.92 Å². The van der Waals surface area contributed by atoms with Gasteiger partial charge in [0.25, 0.3) is 5.91 Å². The van der Waals surface area contributed by atoms with Gasteiger partial charge in [-0.05, 0) is 41.7 Å². The molecule has 0 aliphatic heterocycles. The van der Waals surface area contributed by atoms with Gasteiger partial charge >= 0.3 is 12.1 Å². The van der Waals surface area contributed by atoms with Crippen molar-refractivity contribution in [2.45, 2.75) is 44.6 Å². The predicted molar refractivity (Wildman–Crippen MR) is 139 cm³/mol. The van der Waals surface area contributed by atoms with Gasteiger partial charge in [-0.15, -0.1) is 0 Å². The van der Waals surface area contributed by atoms with Crippen LogP contribution in [0.25, 0.3) is 11.1 Å². The third kappa shape index (κ3) is 6.37. The second kappa shape index (κ2) is 12.4. The van der Waals surface area contributed by atoms with Crippen LogP contribution in [0.2, 0.25) is 0 Å². The van der Waals surface area contributed by atoms with Crippen molar-refractivity contribution in [3.05, 3.63) is 95.6 Å². The number of carboxylic acids is 1. The number of alkyl carbamates (subject to hydrolysis) is 1. The summed E-state index contributed by atoms with van der Waals surface area (Å²) in [4.78, 5) is 41.7. The highest BCUT2D eigenvalue weighted by atomic mass is 16.7. The lowest BCUT2D eigenvalue weighted by Crippen LogP contribution is -2.54. The first kappa shape index (κ1) is 26.8. The Morgan fingerprint density at radius 3 is 2.05 bits per heavy atom. The number of benzene rings is 3. The number of fused-ring (bicyclic) bond motifs is 3. The number of nitrogens with one attached hydrogen (secondary N) is 2. The summed E-state index contributed by atoms with van der Waals surface area (Å²) in [5.74, 6) is -2.17. The number of aliphatic carboxylic acids is 1. The number of hydroxylamine groups is 1. The van der Waals surface area contributed by atoms with Crippen LogP contribution in [0.4, 0.5) is 4.79 Å². The van der Waals surface area contributed by atoms with E-state index < -0.39 is 36.2 Å². The van der Waals surface area contributed by atoms with E-state index in [9.17, 15) is 14.4 Å². The fourth-order valence-electron chi connectivity index (χ4n) is 4.32. The lowest BCUT2D eigenvalue weighted by molar-refractivity contribution is -0.160. The number of amides is 2. The Kier molecular flexibility index (Phi) is 8.73. The Morgan fingerprint density at radius 2 is 1.45 bits per heavy atom. The first-order chi connectivity index (χ1) is 18.3. The van der Waals surface area contributed by atoms with Crippen LogP contribution < -0.4 is 10.8 Å². The van der Waals surface area contributed by atoms with Gasteiger partial charge in [-0.25, -0.2) is 15.1 Å². The highest BCUT2D eigenvalue weighted by molar-refractivity contribution is 5.86. The van der Waals surface area contributed by atoms with Crippen molar-refractivity contribution in [3.63, 3.8) is 0 Å². The van der Waals surface area contributed by atoms with Crippen molar-refractivity contribution >= 4 is 18.0 Å². The fraction of sp³-hybridized carbons (Fsp3) is 0.276. The largest absolute Gasteiger partial charge is 0.479 e. The molecule has 3 aromatic carbocycles. The number of rotatable bonds is 11. The van der Waals surface area contributed by atoms with E-state index in [1.54, 1.807) is 6.92 Å². The molecule has 0 saturated heterocycles. The molecule has 1 aliphatic carbocycles. The normalized spacial score (nSPS) is 14.5. The van der Waals surface area contributed by atoms with Crippen LogP contribution in [-0.2, 0) is 30.5 Å². The monoisotopic (exact) mass is 518 g/mol. The van der Waals surface area contributed by atoms with Crippen molar-refractivity contribution in [1.82, 2.24) is 10.8 Å². The predicted octanol–water partition coefficient (Wildman–Crippen LogP) is 4.02. The summed E-state index contributed by atoms with van der Waals surface area (Å²) < 4.78 is 11.4. The molecule has 4 rings (SSSR count). The summed E-state index contributed by atoms with van der Waals surface area (Å²) in [6.07, 6.45) is -2.89. The molecule has 38 heavy (non-hydrogen) atoms. The van der Waals surface area contributed by atoms with E-state index in [1.165, 1.54) is 6.92 Å². The third-order valence-electron chi connectivity index (χ3n) is 6.41. The van der Waals surface area contributed by atoms with Crippen LogP contribution in [-0.4, -0.2) is 47.9 Å². The van der Waals surface area contributed by atoms with Gasteiger partial charge in [0.2, 0.25) is 0 Å². The van der Waals surface area contributed by atoms with Gasteiger partial charge in [0.15, 0.2) is 6.10 Å². The molecule has 1 aliphatic rings. The fourth-order valence-corrected chi connectivity index (χ4v) is 4.32. The van der Waals surface area contributed by atoms with Crippen LogP contribution in [0.15, 0.2) is 78.9 Å². The SMILES string of the molecule is CC(ONC(=O)[C@H](NC(=O)OCC1c2ccccc2-c2ccccc21)[C@H](C)OCc1ccccc1)C(=O)O. The van der Waals surface area contributed by atoms with Crippen LogP contribution in [0.5, 0.6) is 0 Å². The third-order valence-corrected chi connectivity index (χ3v) is 6.41. The molecule has 0 aromatic heterocycles. The Bertz CT molecular complexity index is 1240. The van der Waals surface area contributed by atoms with E-state index in [2.05, 4.69) is 10.8 Å². The molecule has 0 spiro atoms. The van der Waals surface area contributed by atoms with E-state index in [1.807, 2.05) is 78.9 Å². The minimum Gasteiger partial charge on any atom is -0.479 e. The molecule has 3 N–H and O–H groups in total. The van der Waals surface area contributed by atoms with Crippen molar-refractivity contribution in [2.75, 3.05) is 6.61 Å². The smallest absolute Gasteiger partial charge is 0.407 e. The maximum absolute atomic E-state index is 12.9. The maximum Gasteiger partial charge on any atom is 0.407 e. The quantitative estimate of drug-likeness (QED) is 0.328. The van der Waals surface area contributed by atoms with Crippen LogP contribution in [0.3, 0.4) is 0 Å². The zero-order valence-corrected chi connectivity index (χ0v) is 21.1. The average Bonchev–Trinajstić information content (AvgIpc) is 3.26. The summed E-state index contributed by atoms with van der Waals surface area (Å²) in [7, 11) is 0. The molecule has 1 unspecified atom stereocenters. The molecule has 9 nitrogen and oxygen atoms in total. The molecule has 198 valence electrons. The average molecular weight is 519 g/mol. The molecule has 0 fully saturated rings. The first-order valence-electron chi connectivity index (χ1n) is 12.3. The molecule has 9 heteroatoms. The minimum atomic E-state index is -1.28. The van der Waals surface area contributed by atoms with Crippen molar-refractivity contribution in [1.29, 1.82) is 0 Å². The molecular formula is C29H30N2O7. The van der Waals surface area contributed by atoms with Gasteiger partial charge in [-0.3, -0.25) is 9.63 Å². The van der Waals surface area contributed by atoms with Crippen molar-refractivity contribution in [3.8, 4) is 11.1 Å². The molecule has 3 aromatic rings. The number of hydrogen-bond acceptors (Lipinski definition) is 6. The number of carbonyl (C=O) groups is 3. The number of hydrogen-bond donors (Lipinski definition) is 3. The van der Waals surface area contributed by atoms with Crippen LogP contribution in [0.1, 0.15) is 36.5 Å². The second-order valence-corrected chi connectivity index (χ2v) is 9.01. The maximum atomic E-state index is 12.9. The van der Waals surface area contributed by atoms with Gasteiger partial charge in [-0.1, -0.05) is 78.9 Å². The topological polar surface area (TPSA) is 123 Å². The number of ether oxygens (including phenoxy) is 2. The molecule has 0 heterocycles. The number of carboxylic acid groups (broad SMARTS) is 1. The van der Waals surface area contributed by atoms with Crippen LogP contribution >= 0.6 is 0 Å². The van der Waals surface area contributed by atoms with E-state index in [0.717, 1.165) is 27.8 Å². The highest BCUT2D eigenvalue weighted by Crippen LogP contribution is 2.44. The summed E-state index contributed by atoms with van der Waals surface area (Å²) in [6.45, 7) is 3.16. The van der Waals surface area contributed by atoms with E-state index in [-0.39, 0.29) is 19.1 Å². The summed E-state index contributed by atoms with van der Waals surface area (Å²) in [6, 6.07) is 24.1. The first-order valence-corrected chi connectivity index (χ1v) is 12.3. The Morgan fingerprint density at radius 1 is 0.868 bits per heavy atom. The van der Waals surface area contributed by atoms with Crippen LogP contribution in [0, 0.1) is 0 Å². The molecule has 0 saturated carbocycles. The lowest BCUT2D eigenvalue weighted by atomic mass is 9.98. The Balaban J connectivity index is 1.42. The molecular weight excluding hydrogens is 488 g/mol. The van der Waals surface area contributed by atoms with Gasteiger partial charge in [0.1, 0.15) is 12.6 Å². The van der Waals surface area contributed by atoms with E-state index >= 15 is 0 Å². The van der Waals surface area contributed by atoms with Gasteiger partial charge < -0.3 is 19.9 Å². The summed E-state index contributed by atoms with van der Waals surface area (Å²) >= 11 is 0. The summed E-state index contributed by atoms with van der Waals surface area (Å²) in [5.41, 5.74) is 7.31. The Hall–Kier alpha value is -4.21. The number of carbonyl (C=O) groups excluding carboxylic acids is 2. The molecule has 0 radical (unpaired) electrons. The second-order valence-electron chi connectivity index (χ2n) is 9.01. The van der Waals surface area contributed by atoms with Gasteiger partial charge in [-0.2, -0.15) is 0 Å². The van der Waals surface area contributed by atoms with Gasteiger partial charge in [0.05, 0.1) is 12.7 Å². The minimum absolute atomic E-state index is 0.0694. The van der Waals surface area contributed by atoms with Crippen molar-refractivity contribution < 1.29 is 33.8 Å². The zero-order valence-electron chi connectivity index (χ0n) is 21.1.